The van der Waals surface area contributed by atoms with E-state index in [4.69, 9.17) is 20.6 Å². The van der Waals surface area contributed by atoms with Crippen LogP contribution in [-0.2, 0) is 17.8 Å². The molecule has 0 aromatic heterocycles. The maximum absolute atomic E-state index is 12.5. The van der Waals surface area contributed by atoms with E-state index in [1.165, 1.54) is 5.56 Å². The van der Waals surface area contributed by atoms with Crippen molar-refractivity contribution >= 4 is 5.78 Å². The molecule has 4 heteroatoms. The van der Waals surface area contributed by atoms with Gasteiger partial charge in [0.15, 0.2) is 17.3 Å². The highest BCUT2D eigenvalue weighted by Gasteiger charge is 2.35. The van der Waals surface area contributed by atoms with Gasteiger partial charge < -0.3 is 14.2 Å². The van der Waals surface area contributed by atoms with E-state index in [1.54, 1.807) is 21.1 Å². The molecule has 1 atom stereocenters. The second kappa shape index (κ2) is 8.28. The zero-order valence-electron chi connectivity index (χ0n) is 16.0. The largest absolute Gasteiger partial charge is 0.492 e. The van der Waals surface area contributed by atoms with Gasteiger partial charge in [0.25, 0.3) is 0 Å². The molecule has 0 amide bonds. The van der Waals surface area contributed by atoms with E-state index in [1.807, 2.05) is 18.2 Å². The monoisotopic (exact) mass is 364 g/mol. The summed E-state index contributed by atoms with van der Waals surface area (Å²) in [5, 5.41) is 0. The van der Waals surface area contributed by atoms with Crippen molar-refractivity contribution in [1.29, 1.82) is 0 Å². The summed E-state index contributed by atoms with van der Waals surface area (Å²) in [4.78, 5) is 12.5. The summed E-state index contributed by atoms with van der Waals surface area (Å²) in [6, 6.07) is 10.3. The first-order valence-electron chi connectivity index (χ1n) is 9.00. The molecule has 27 heavy (non-hydrogen) atoms. The number of carbonyl (C=O) groups is 1. The van der Waals surface area contributed by atoms with Crippen LogP contribution in [0.1, 0.15) is 51.9 Å². The van der Waals surface area contributed by atoms with Crippen molar-refractivity contribution in [1.82, 2.24) is 0 Å². The Bertz CT molecular complexity index is 878. The highest BCUT2D eigenvalue weighted by molar-refractivity contribution is 6.00. The van der Waals surface area contributed by atoms with Gasteiger partial charge in [-0.1, -0.05) is 36.3 Å². The van der Waals surface area contributed by atoms with E-state index in [-0.39, 0.29) is 18.3 Å². The van der Waals surface area contributed by atoms with Crippen LogP contribution in [0.15, 0.2) is 30.3 Å². The fourth-order valence-corrected chi connectivity index (χ4v) is 4.10. The summed E-state index contributed by atoms with van der Waals surface area (Å²) in [6.45, 7) is 2.10. The lowest BCUT2D eigenvalue weighted by molar-refractivity contribution is 0.101. The molecule has 140 valence electrons. The predicted molar refractivity (Wildman–Crippen MR) is 105 cm³/mol. The van der Waals surface area contributed by atoms with Crippen LogP contribution in [0.2, 0.25) is 0 Å². The zero-order valence-corrected chi connectivity index (χ0v) is 16.0. The average molecular weight is 364 g/mol. The van der Waals surface area contributed by atoms with Crippen molar-refractivity contribution in [3.05, 3.63) is 58.1 Å². The highest BCUT2D eigenvalue weighted by Crippen LogP contribution is 2.50. The number of carbonyl (C=O) groups excluding carboxylic acids is 1. The molecule has 0 aliphatic heterocycles. The number of Topliss-reactive ketones (excluding diaryl/α,β-unsaturated/α-hetero) is 1. The molecule has 0 heterocycles. The minimum atomic E-state index is -0.0220. The summed E-state index contributed by atoms with van der Waals surface area (Å²) >= 11 is 0. The third kappa shape index (κ3) is 3.43. The molecule has 0 N–H and O–H groups in total. The van der Waals surface area contributed by atoms with Gasteiger partial charge in [-0.15, -0.1) is 6.42 Å². The molecule has 0 fully saturated rings. The Kier molecular flexibility index (Phi) is 5.83. The molecule has 0 saturated heterocycles. The molecular formula is C23H24O4. The number of ketones is 1. The molecule has 0 radical (unpaired) electrons. The second-order valence-corrected chi connectivity index (χ2v) is 6.57. The van der Waals surface area contributed by atoms with Crippen LogP contribution < -0.4 is 9.47 Å². The molecule has 3 rings (SSSR count). The fourth-order valence-electron chi connectivity index (χ4n) is 4.10. The third-order valence-corrected chi connectivity index (χ3v) is 5.08. The maximum atomic E-state index is 12.5. The van der Waals surface area contributed by atoms with Crippen LogP contribution in [0.5, 0.6) is 11.5 Å². The lowest BCUT2D eigenvalue weighted by Crippen LogP contribution is -2.12. The molecule has 1 aliphatic rings. The van der Waals surface area contributed by atoms with Gasteiger partial charge >= 0.3 is 0 Å². The van der Waals surface area contributed by atoms with E-state index in [9.17, 15) is 4.79 Å². The molecule has 0 saturated carbocycles. The SMILES string of the molecule is C#CCOCc1c(OC)c(OC)c(C(C)=O)c2c1C(c1ccccc1)CC2. The smallest absolute Gasteiger partial charge is 0.172 e. The summed E-state index contributed by atoms with van der Waals surface area (Å²) in [6.07, 6.45) is 7.08. The first kappa shape index (κ1) is 19.0. The van der Waals surface area contributed by atoms with Crippen molar-refractivity contribution in [2.75, 3.05) is 20.8 Å². The molecule has 2 aromatic carbocycles. The number of fused-ring (bicyclic) bond motifs is 1. The maximum Gasteiger partial charge on any atom is 0.172 e. The van der Waals surface area contributed by atoms with Crippen molar-refractivity contribution in [2.45, 2.75) is 32.3 Å². The molecule has 4 nitrogen and oxygen atoms in total. The van der Waals surface area contributed by atoms with E-state index in [0.29, 0.717) is 23.7 Å². The molecule has 0 bridgehead atoms. The zero-order chi connectivity index (χ0) is 19.4. The van der Waals surface area contributed by atoms with Crippen molar-refractivity contribution in [3.8, 4) is 23.8 Å². The number of terminal acetylenes is 1. The number of ether oxygens (including phenoxy) is 3. The minimum absolute atomic E-state index is 0.0220. The van der Waals surface area contributed by atoms with E-state index >= 15 is 0 Å². The Balaban J connectivity index is 2.26. The first-order chi connectivity index (χ1) is 13.1. The van der Waals surface area contributed by atoms with Gasteiger partial charge in [-0.3, -0.25) is 4.79 Å². The number of hydrogen-bond acceptors (Lipinski definition) is 4. The average Bonchev–Trinajstić information content (AvgIpc) is 3.12. The first-order valence-corrected chi connectivity index (χ1v) is 9.00. The Morgan fingerprint density at radius 2 is 1.89 bits per heavy atom. The third-order valence-electron chi connectivity index (χ3n) is 5.08. The lowest BCUT2D eigenvalue weighted by Gasteiger charge is -2.23. The molecule has 1 aliphatic carbocycles. The predicted octanol–water partition coefficient (Wildman–Crippen LogP) is 4.13. The summed E-state index contributed by atoms with van der Waals surface area (Å²) in [7, 11) is 3.15. The van der Waals surface area contributed by atoms with Gasteiger partial charge in [0.05, 0.1) is 26.4 Å². The summed E-state index contributed by atoms with van der Waals surface area (Å²) in [5.74, 6) is 3.70. The highest BCUT2D eigenvalue weighted by atomic mass is 16.5. The van der Waals surface area contributed by atoms with Gasteiger partial charge in [0.1, 0.15) is 6.61 Å². The Morgan fingerprint density at radius 1 is 1.19 bits per heavy atom. The number of methoxy groups -OCH3 is 2. The van der Waals surface area contributed by atoms with E-state index in [2.05, 4.69) is 18.1 Å². The standard InChI is InChI=1S/C23H24O4/c1-5-13-27-14-19-21-17(16-9-7-6-8-10-16)11-12-18(21)20(15(2)24)23(26-4)22(19)25-3/h1,6-10,17H,11-14H2,2-4H3. The Hall–Kier alpha value is -2.77. The van der Waals surface area contributed by atoms with Gasteiger partial charge in [0.2, 0.25) is 0 Å². The Morgan fingerprint density at radius 3 is 2.48 bits per heavy atom. The van der Waals surface area contributed by atoms with Crippen LogP contribution in [-0.4, -0.2) is 26.6 Å². The molecule has 2 aromatic rings. The second-order valence-electron chi connectivity index (χ2n) is 6.57. The van der Waals surface area contributed by atoms with Crippen LogP contribution in [0, 0.1) is 12.3 Å². The van der Waals surface area contributed by atoms with Gasteiger partial charge in [-0.25, -0.2) is 0 Å². The number of rotatable bonds is 7. The molecule has 1 unspecified atom stereocenters. The number of benzene rings is 2. The van der Waals surface area contributed by atoms with Crippen molar-refractivity contribution < 1.29 is 19.0 Å². The lowest BCUT2D eigenvalue weighted by atomic mass is 9.87. The minimum Gasteiger partial charge on any atom is -0.492 e. The number of hydrogen-bond donors (Lipinski definition) is 0. The van der Waals surface area contributed by atoms with Crippen molar-refractivity contribution in [2.24, 2.45) is 0 Å². The Labute approximate surface area is 160 Å². The van der Waals surface area contributed by atoms with Crippen LogP contribution in [0.3, 0.4) is 0 Å². The van der Waals surface area contributed by atoms with Gasteiger partial charge in [-0.2, -0.15) is 0 Å². The topological polar surface area (TPSA) is 44.8 Å². The van der Waals surface area contributed by atoms with Crippen LogP contribution >= 0.6 is 0 Å². The fraction of sp³-hybridized carbons (Fsp3) is 0.348. The normalized spacial score (nSPS) is 15.1. The summed E-state index contributed by atoms with van der Waals surface area (Å²) in [5.41, 5.74) is 4.89. The molecule has 0 spiro atoms. The van der Waals surface area contributed by atoms with E-state index < -0.39 is 0 Å². The van der Waals surface area contributed by atoms with Gasteiger partial charge in [-0.05, 0) is 36.5 Å². The van der Waals surface area contributed by atoms with E-state index in [0.717, 1.165) is 29.5 Å². The van der Waals surface area contributed by atoms with Crippen LogP contribution in [0.25, 0.3) is 0 Å². The van der Waals surface area contributed by atoms with Crippen LogP contribution in [0.4, 0.5) is 0 Å². The summed E-state index contributed by atoms with van der Waals surface area (Å²) < 4.78 is 17.0. The van der Waals surface area contributed by atoms with Crippen molar-refractivity contribution in [3.63, 3.8) is 0 Å². The quantitative estimate of drug-likeness (QED) is 0.421. The molecular weight excluding hydrogens is 340 g/mol. The van der Waals surface area contributed by atoms with Gasteiger partial charge in [0, 0.05) is 11.5 Å².